The smallest absolute Gasteiger partial charge is 0.345 e. The van der Waals surface area contributed by atoms with Crippen LogP contribution in [0.25, 0.3) is 0 Å². The number of benzene rings is 1. The number of aromatic nitrogens is 2. The SMILES string of the molecule is CCN(CC[n+]1ccccc1)c1ccc(N=Nc2ncc([N+](=O)[O-])s2)c(N(C)C)c1. The molecule has 2 heterocycles. The number of rotatable bonds is 9. The quantitative estimate of drug-likeness (QED) is 0.220. The van der Waals surface area contributed by atoms with Crippen LogP contribution >= 0.6 is 11.3 Å². The molecule has 0 saturated heterocycles. The summed E-state index contributed by atoms with van der Waals surface area (Å²) < 4.78 is 2.16. The van der Waals surface area contributed by atoms with Gasteiger partial charge in [-0.1, -0.05) is 6.07 Å². The molecular weight excluding hydrogens is 402 g/mol. The lowest BCUT2D eigenvalue weighted by molar-refractivity contribution is -0.694. The average molecular weight is 427 g/mol. The minimum absolute atomic E-state index is 0.0537. The van der Waals surface area contributed by atoms with E-state index in [-0.39, 0.29) is 10.1 Å². The molecule has 0 radical (unpaired) electrons. The van der Waals surface area contributed by atoms with Gasteiger partial charge in [-0.25, -0.2) is 9.55 Å². The fourth-order valence-electron chi connectivity index (χ4n) is 2.92. The lowest BCUT2D eigenvalue weighted by Crippen LogP contribution is -2.40. The van der Waals surface area contributed by atoms with Crippen LogP contribution in [0, 0.1) is 10.1 Å². The van der Waals surface area contributed by atoms with Gasteiger partial charge in [0.25, 0.3) is 0 Å². The summed E-state index contributed by atoms with van der Waals surface area (Å²) in [6.07, 6.45) is 5.32. The van der Waals surface area contributed by atoms with Crippen LogP contribution in [-0.4, -0.2) is 37.1 Å². The Morgan fingerprint density at radius 2 is 1.97 bits per heavy atom. The summed E-state index contributed by atoms with van der Waals surface area (Å²) in [6, 6.07) is 12.1. The van der Waals surface area contributed by atoms with E-state index in [0.717, 1.165) is 42.3 Å². The van der Waals surface area contributed by atoms with Crippen molar-refractivity contribution in [2.24, 2.45) is 10.2 Å². The van der Waals surface area contributed by atoms with Crippen molar-refractivity contribution in [3.05, 3.63) is 65.1 Å². The van der Waals surface area contributed by atoms with Crippen LogP contribution in [0.5, 0.6) is 0 Å². The van der Waals surface area contributed by atoms with Crippen LogP contribution in [0.4, 0.5) is 27.2 Å². The lowest BCUT2D eigenvalue weighted by Gasteiger charge is -2.24. The molecule has 0 spiro atoms. The monoisotopic (exact) mass is 426 g/mol. The standard InChI is InChI=1S/C20H24N7O2S/c1-4-26(13-12-25-10-6-5-7-11-25)16-8-9-17(18(14-16)24(2)3)22-23-20-21-15-19(30-20)27(28)29/h5-11,14-15H,4,12-13H2,1-3H3/q+1. The fourth-order valence-corrected chi connectivity index (χ4v) is 3.48. The van der Waals surface area contributed by atoms with Gasteiger partial charge in [-0.15, -0.1) is 10.2 Å². The molecule has 0 aliphatic carbocycles. The van der Waals surface area contributed by atoms with E-state index in [4.69, 9.17) is 0 Å². The summed E-state index contributed by atoms with van der Waals surface area (Å²) in [7, 11) is 3.89. The van der Waals surface area contributed by atoms with Gasteiger partial charge in [0, 0.05) is 38.5 Å². The van der Waals surface area contributed by atoms with Gasteiger partial charge < -0.3 is 9.80 Å². The van der Waals surface area contributed by atoms with Crippen molar-refractivity contribution < 1.29 is 9.49 Å². The normalized spacial score (nSPS) is 11.0. The zero-order chi connectivity index (χ0) is 21.5. The minimum Gasteiger partial charge on any atom is -0.376 e. The van der Waals surface area contributed by atoms with Crippen molar-refractivity contribution in [1.82, 2.24) is 4.98 Å². The number of nitro groups is 1. The molecule has 30 heavy (non-hydrogen) atoms. The van der Waals surface area contributed by atoms with Gasteiger partial charge in [0.1, 0.15) is 11.9 Å². The largest absolute Gasteiger partial charge is 0.376 e. The van der Waals surface area contributed by atoms with Gasteiger partial charge in [0.05, 0.1) is 17.2 Å². The van der Waals surface area contributed by atoms with E-state index < -0.39 is 4.92 Å². The third kappa shape index (κ3) is 5.35. The van der Waals surface area contributed by atoms with E-state index >= 15 is 0 Å². The number of hydrogen-bond donors (Lipinski definition) is 0. The maximum absolute atomic E-state index is 10.8. The molecular formula is C20H24N7O2S+. The summed E-state index contributed by atoms with van der Waals surface area (Å²) >= 11 is 0.896. The molecule has 0 fully saturated rings. The number of nitrogens with zero attached hydrogens (tertiary/aromatic N) is 7. The van der Waals surface area contributed by atoms with E-state index in [0.29, 0.717) is 5.69 Å². The highest BCUT2D eigenvalue weighted by molar-refractivity contribution is 7.18. The van der Waals surface area contributed by atoms with E-state index in [1.807, 2.05) is 49.3 Å². The van der Waals surface area contributed by atoms with Crippen LogP contribution in [0.15, 0.2) is 65.2 Å². The summed E-state index contributed by atoms with van der Waals surface area (Å²) in [5.41, 5.74) is 2.68. The molecule has 0 N–H and O–H groups in total. The predicted molar refractivity (Wildman–Crippen MR) is 118 cm³/mol. The topological polar surface area (TPSA) is 91.1 Å². The molecule has 0 unspecified atom stereocenters. The molecule has 0 amide bonds. The second-order valence-corrected chi connectivity index (χ2v) is 7.69. The molecule has 156 valence electrons. The number of hydrogen-bond acceptors (Lipinski definition) is 8. The Hall–Kier alpha value is -3.40. The van der Waals surface area contributed by atoms with Crippen molar-refractivity contribution in [3.8, 4) is 0 Å². The lowest BCUT2D eigenvalue weighted by atomic mass is 10.2. The first-order chi connectivity index (χ1) is 14.5. The fraction of sp³-hybridized carbons (Fsp3) is 0.300. The molecule has 3 rings (SSSR count). The molecule has 0 aliphatic heterocycles. The van der Waals surface area contributed by atoms with E-state index in [1.165, 1.54) is 6.20 Å². The number of azo groups is 1. The molecule has 0 aliphatic rings. The highest BCUT2D eigenvalue weighted by Crippen LogP contribution is 2.34. The second-order valence-electron chi connectivity index (χ2n) is 6.70. The summed E-state index contributed by atoms with van der Waals surface area (Å²) in [4.78, 5) is 18.5. The first-order valence-corrected chi connectivity index (χ1v) is 10.3. The number of anilines is 2. The first kappa shape index (κ1) is 21.3. The molecule has 0 atom stereocenters. The maximum atomic E-state index is 10.8. The van der Waals surface area contributed by atoms with Crippen LogP contribution in [0.3, 0.4) is 0 Å². The average Bonchev–Trinajstić information content (AvgIpc) is 3.23. The predicted octanol–water partition coefficient (Wildman–Crippen LogP) is 4.35. The van der Waals surface area contributed by atoms with Crippen molar-refractivity contribution >= 4 is 38.5 Å². The Morgan fingerprint density at radius 3 is 2.60 bits per heavy atom. The van der Waals surface area contributed by atoms with Crippen LogP contribution < -0.4 is 14.4 Å². The first-order valence-electron chi connectivity index (χ1n) is 9.50. The molecule has 2 aromatic heterocycles. The summed E-state index contributed by atoms with van der Waals surface area (Å²) in [6.45, 7) is 4.77. The van der Waals surface area contributed by atoms with Crippen molar-refractivity contribution in [3.63, 3.8) is 0 Å². The molecule has 3 aromatic rings. The van der Waals surface area contributed by atoms with Crippen molar-refractivity contribution in [2.75, 3.05) is 37.0 Å². The Kier molecular flexibility index (Phi) is 7.02. The number of pyridine rings is 1. The number of thiazole rings is 1. The summed E-state index contributed by atoms with van der Waals surface area (Å²) in [5.74, 6) is 0. The highest BCUT2D eigenvalue weighted by atomic mass is 32.1. The van der Waals surface area contributed by atoms with Crippen molar-refractivity contribution in [1.29, 1.82) is 0 Å². The van der Waals surface area contributed by atoms with E-state index in [9.17, 15) is 10.1 Å². The molecule has 0 bridgehead atoms. The second kappa shape index (κ2) is 9.88. The highest BCUT2D eigenvalue weighted by Gasteiger charge is 2.13. The molecule has 1 aromatic carbocycles. The zero-order valence-electron chi connectivity index (χ0n) is 17.2. The maximum Gasteiger partial charge on any atom is 0.345 e. The Balaban J connectivity index is 1.79. The van der Waals surface area contributed by atoms with Gasteiger partial charge >= 0.3 is 5.00 Å². The summed E-state index contributed by atoms with van der Waals surface area (Å²) in [5, 5.41) is 19.4. The van der Waals surface area contributed by atoms with Gasteiger partial charge in [-0.2, -0.15) is 0 Å². The van der Waals surface area contributed by atoms with Gasteiger partial charge in [-0.3, -0.25) is 10.1 Å². The Labute approximate surface area is 179 Å². The third-order valence-corrected chi connectivity index (χ3v) is 5.33. The molecule has 10 heteroatoms. The number of likely N-dealkylation sites (N-methyl/N-ethyl adjacent to an activating group) is 1. The van der Waals surface area contributed by atoms with Gasteiger partial charge in [0.2, 0.25) is 5.13 Å². The van der Waals surface area contributed by atoms with Crippen LogP contribution in [0.1, 0.15) is 6.92 Å². The van der Waals surface area contributed by atoms with Crippen molar-refractivity contribution in [2.45, 2.75) is 13.5 Å². The van der Waals surface area contributed by atoms with Gasteiger partial charge in [0.15, 0.2) is 18.9 Å². The Bertz CT molecular complexity index is 1020. The minimum atomic E-state index is -0.482. The van der Waals surface area contributed by atoms with E-state index in [1.54, 1.807) is 0 Å². The van der Waals surface area contributed by atoms with Crippen LogP contribution in [0.2, 0.25) is 0 Å². The molecule has 9 nitrogen and oxygen atoms in total. The Morgan fingerprint density at radius 1 is 1.20 bits per heavy atom. The van der Waals surface area contributed by atoms with E-state index in [2.05, 4.69) is 50.1 Å². The van der Waals surface area contributed by atoms with Crippen LogP contribution in [-0.2, 0) is 6.54 Å². The molecule has 0 saturated carbocycles. The third-order valence-electron chi connectivity index (χ3n) is 4.50. The van der Waals surface area contributed by atoms with Gasteiger partial charge in [-0.05, 0) is 36.5 Å². The zero-order valence-corrected chi connectivity index (χ0v) is 18.0.